The maximum Gasteiger partial charge on any atom is 0.335 e. The van der Waals surface area contributed by atoms with Crippen LogP contribution in [0.25, 0.3) is 0 Å². The van der Waals surface area contributed by atoms with Gasteiger partial charge in [0.15, 0.2) is 0 Å². The van der Waals surface area contributed by atoms with Crippen molar-refractivity contribution in [2.24, 2.45) is 0 Å². The highest BCUT2D eigenvalue weighted by molar-refractivity contribution is 5.89. The number of hydrogen-bond donors (Lipinski definition) is 1. The molecule has 1 fully saturated rings. The molecule has 1 heterocycles. The van der Waals surface area contributed by atoms with Crippen molar-refractivity contribution in [2.75, 3.05) is 13.1 Å². The fourth-order valence-electron chi connectivity index (χ4n) is 3.46. The second-order valence-electron chi connectivity index (χ2n) is 6.43. The summed E-state index contributed by atoms with van der Waals surface area (Å²) in [5.74, 6) is -0.459. The van der Waals surface area contributed by atoms with Crippen molar-refractivity contribution in [1.82, 2.24) is 4.90 Å². The molecule has 3 heteroatoms. The fourth-order valence-corrected chi connectivity index (χ4v) is 3.46. The Morgan fingerprint density at radius 1 is 1.13 bits per heavy atom. The Labute approximate surface area is 137 Å². The van der Waals surface area contributed by atoms with Crippen molar-refractivity contribution in [1.29, 1.82) is 0 Å². The van der Waals surface area contributed by atoms with Crippen LogP contribution in [-0.2, 0) is 6.54 Å². The van der Waals surface area contributed by atoms with E-state index in [1.165, 1.54) is 5.56 Å². The SMILES string of the molecule is Cc1ccc(C(=O)O)c(C2CCN(Cc3ccccc3)CC2)c1. The molecule has 3 nitrogen and oxygen atoms in total. The van der Waals surface area contributed by atoms with E-state index < -0.39 is 5.97 Å². The predicted octanol–water partition coefficient (Wildman–Crippen LogP) is 4.07. The van der Waals surface area contributed by atoms with Gasteiger partial charge in [-0.1, -0.05) is 48.0 Å². The van der Waals surface area contributed by atoms with Crippen LogP contribution >= 0.6 is 0 Å². The first-order valence-electron chi connectivity index (χ1n) is 8.23. The maximum atomic E-state index is 11.5. The highest BCUT2D eigenvalue weighted by Crippen LogP contribution is 2.31. The summed E-state index contributed by atoms with van der Waals surface area (Å²) in [7, 11) is 0. The Hall–Kier alpha value is -2.13. The largest absolute Gasteiger partial charge is 0.478 e. The summed E-state index contributed by atoms with van der Waals surface area (Å²) in [6.07, 6.45) is 2.05. The van der Waals surface area contributed by atoms with Crippen molar-refractivity contribution in [3.05, 3.63) is 70.8 Å². The third kappa shape index (κ3) is 3.80. The lowest BCUT2D eigenvalue weighted by molar-refractivity contribution is 0.0694. The summed E-state index contributed by atoms with van der Waals surface area (Å²) in [5, 5.41) is 9.42. The second-order valence-corrected chi connectivity index (χ2v) is 6.43. The minimum absolute atomic E-state index is 0.355. The number of hydrogen-bond acceptors (Lipinski definition) is 2. The molecule has 1 saturated heterocycles. The number of carbonyl (C=O) groups is 1. The average molecular weight is 309 g/mol. The lowest BCUT2D eigenvalue weighted by Crippen LogP contribution is -2.32. The molecule has 3 rings (SSSR count). The Bertz CT molecular complexity index is 673. The molecule has 1 N–H and O–H groups in total. The topological polar surface area (TPSA) is 40.5 Å². The molecular formula is C20H23NO2. The van der Waals surface area contributed by atoms with Gasteiger partial charge in [0.25, 0.3) is 0 Å². The van der Waals surface area contributed by atoms with E-state index in [2.05, 4.69) is 35.2 Å². The van der Waals surface area contributed by atoms with E-state index in [-0.39, 0.29) is 0 Å². The monoisotopic (exact) mass is 309 g/mol. The Kier molecular flexibility index (Phi) is 4.77. The molecule has 0 unspecified atom stereocenters. The minimum atomic E-state index is -0.813. The summed E-state index contributed by atoms with van der Waals surface area (Å²) < 4.78 is 0. The standard InChI is InChI=1S/C20H23NO2/c1-15-7-8-18(20(22)23)19(13-15)17-9-11-21(12-10-17)14-16-5-3-2-4-6-16/h2-8,13,17H,9-12,14H2,1H3,(H,22,23). The molecule has 1 aliphatic heterocycles. The van der Waals surface area contributed by atoms with Crippen molar-refractivity contribution < 1.29 is 9.90 Å². The van der Waals surface area contributed by atoms with Gasteiger partial charge in [0.2, 0.25) is 0 Å². The smallest absolute Gasteiger partial charge is 0.335 e. The highest BCUT2D eigenvalue weighted by Gasteiger charge is 2.24. The van der Waals surface area contributed by atoms with E-state index >= 15 is 0 Å². The summed E-state index contributed by atoms with van der Waals surface area (Å²) in [6, 6.07) is 16.2. The number of rotatable bonds is 4. The van der Waals surface area contributed by atoms with Crippen molar-refractivity contribution >= 4 is 5.97 Å². The zero-order chi connectivity index (χ0) is 16.2. The molecule has 23 heavy (non-hydrogen) atoms. The maximum absolute atomic E-state index is 11.5. The Morgan fingerprint density at radius 2 is 1.83 bits per heavy atom. The molecule has 2 aromatic rings. The van der Waals surface area contributed by atoms with Crippen LogP contribution < -0.4 is 0 Å². The van der Waals surface area contributed by atoms with Gasteiger partial charge < -0.3 is 5.11 Å². The summed E-state index contributed by atoms with van der Waals surface area (Å²) in [4.78, 5) is 13.9. The number of nitrogens with zero attached hydrogens (tertiary/aromatic N) is 1. The summed E-state index contributed by atoms with van der Waals surface area (Å²) in [5.41, 5.74) is 3.96. The van der Waals surface area contributed by atoms with Gasteiger partial charge in [0.1, 0.15) is 0 Å². The first kappa shape index (κ1) is 15.8. The number of likely N-dealkylation sites (tertiary alicyclic amines) is 1. The van der Waals surface area contributed by atoms with Crippen LogP contribution in [0.3, 0.4) is 0 Å². The number of carboxylic acid groups (broad SMARTS) is 1. The van der Waals surface area contributed by atoms with Crippen LogP contribution in [0.15, 0.2) is 48.5 Å². The van der Waals surface area contributed by atoms with Crippen LogP contribution in [-0.4, -0.2) is 29.1 Å². The van der Waals surface area contributed by atoms with Gasteiger partial charge in [-0.2, -0.15) is 0 Å². The third-order valence-corrected chi connectivity index (χ3v) is 4.71. The normalized spacial score (nSPS) is 16.4. The molecule has 120 valence electrons. The first-order valence-corrected chi connectivity index (χ1v) is 8.23. The molecule has 0 radical (unpaired) electrons. The molecule has 0 amide bonds. The van der Waals surface area contributed by atoms with E-state index in [1.54, 1.807) is 6.07 Å². The number of benzene rings is 2. The summed E-state index contributed by atoms with van der Waals surface area (Å²) in [6.45, 7) is 5.05. The van der Waals surface area contributed by atoms with Crippen LogP contribution in [0.2, 0.25) is 0 Å². The van der Waals surface area contributed by atoms with Gasteiger partial charge in [0.05, 0.1) is 5.56 Å². The van der Waals surface area contributed by atoms with Crippen LogP contribution in [0.4, 0.5) is 0 Å². The predicted molar refractivity (Wildman–Crippen MR) is 91.8 cm³/mol. The van der Waals surface area contributed by atoms with Gasteiger partial charge in [-0.05, 0) is 56.0 Å². The molecule has 0 saturated carbocycles. The van der Waals surface area contributed by atoms with Gasteiger partial charge in [0, 0.05) is 6.54 Å². The lowest BCUT2D eigenvalue weighted by atomic mass is 9.85. The van der Waals surface area contributed by atoms with Gasteiger partial charge in [-0.15, -0.1) is 0 Å². The lowest BCUT2D eigenvalue weighted by Gasteiger charge is -2.32. The fraction of sp³-hybridized carbons (Fsp3) is 0.350. The highest BCUT2D eigenvalue weighted by atomic mass is 16.4. The Morgan fingerprint density at radius 3 is 2.48 bits per heavy atom. The number of piperidine rings is 1. The summed E-state index contributed by atoms with van der Waals surface area (Å²) >= 11 is 0. The van der Waals surface area contributed by atoms with Gasteiger partial charge in [-0.3, -0.25) is 4.90 Å². The number of aromatic carboxylic acids is 1. The van der Waals surface area contributed by atoms with Crippen LogP contribution in [0.5, 0.6) is 0 Å². The minimum Gasteiger partial charge on any atom is -0.478 e. The van der Waals surface area contributed by atoms with E-state index in [1.807, 2.05) is 19.1 Å². The van der Waals surface area contributed by atoms with Crippen LogP contribution in [0, 0.1) is 6.92 Å². The van der Waals surface area contributed by atoms with Crippen molar-refractivity contribution in [3.8, 4) is 0 Å². The molecule has 0 aliphatic carbocycles. The quantitative estimate of drug-likeness (QED) is 0.925. The van der Waals surface area contributed by atoms with E-state index in [9.17, 15) is 9.90 Å². The van der Waals surface area contributed by atoms with Crippen LogP contribution in [0.1, 0.15) is 45.8 Å². The van der Waals surface area contributed by atoms with E-state index in [4.69, 9.17) is 0 Å². The number of aryl methyl sites for hydroxylation is 1. The molecule has 0 bridgehead atoms. The Balaban J connectivity index is 1.67. The van der Waals surface area contributed by atoms with E-state index in [0.29, 0.717) is 11.5 Å². The van der Waals surface area contributed by atoms with Gasteiger partial charge >= 0.3 is 5.97 Å². The average Bonchev–Trinajstić information content (AvgIpc) is 2.56. The molecular weight excluding hydrogens is 286 g/mol. The molecule has 0 aromatic heterocycles. The van der Waals surface area contributed by atoms with Crippen molar-refractivity contribution in [3.63, 3.8) is 0 Å². The van der Waals surface area contributed by atoms with E-state index in [0.717, 1.165) is 43.6 Å². The van der Waals surface area contributed by atoms with Gasteiger partial charge in [-0.25, -0.2) is 4.79 Å². The molecule has 0 spiro atoms. The second kappa shape index (κ2) is 6.97. The number of carboxylic acids is 1. The first-order chi connectivity index (χ1) is 11.1. The molecule has 2 aromatic carbocycles. The third-order valence-electron chi connectivity index (χ3n) is 4.71. The van der Waals surface area contributed by atoms with Crippen molar-refractivity contribution in [2.45, 2.75) is 32.2 Å². The molecule has 0 atom stereocenters. The molecule has 1 aliphatic rings. The zero-order valence-electron chi connectivity index (χ0n) is 13.5. The zero-order valence-corrected chi connectivity index (χ0v) is 13.5.